The number of fused-ring (bicyclic) bond motifs is 1. The fourth-order valence-electron chi connectivity index (χ4n) is 0.941. The lowest BCUT2D eigenvalue weighted by molar-refractivity contribution is 0.343. The van der Waals surface area contributed by atoms with Gasteiger partial charge in [0.05, 0.1) is 5.69 Å². The Morgan fingerprint density at radius 3 is 3.20 bits per heavy atom. The van der Waals surface area contributed by atoms with Gasteiger partial charge >= 0.3 is 0 Å². The van der Waals surface area contributed by atoms with Gasteiger partial charge in [0.25, 0.3) is 0 Å². The standard InChI is InChI=1S/C8H7NO/c1-2-4-8-7(3-1)9-5-6-10-8/h1-4,9H,6H2. The van der Waals surface area contributed by atoms with E-state index in [-0.39, 0.29) is 0 Å². The van der Waals surface area contributed by atoms with Crippen LogP contribution in [0.2, 0.25) is 0 Å². The van der Waals surface area contributed by atoms with Gasteiger partial charge < -0.3 is 10.1 Å². The van der Waals surface area contributed by atoms with E-state index < -0.39 is 0 Å². The van der Waals surface area contributed by atoms with E-state index in [1.54, 1.807) is 0 Å². The van der Waals surface area contributed by atoms with Gasteiger partial charge in [-0.1, -0.05) is 12.1 Å². The molecule has 2 heteroatoms. The smallest absolute Gasteiger partial charge is 0.142 e. The number of para-hydroxylation sites is 2. The van der Waals surface area contributed by atoms with Gasteiger partial charge in [-0.15, -0.1) is 0 Å². The van der Waals surface area contributed by atoms with Crippen molar-refractivity contribution in [2.24, 2.45) is 0 Å². The molecule has 0 spiro atoms. The van der Waals surface area contributed by atoms with Crippen LogP contribution in [0, 0.1) is 6.54 Å². The Hall–Kier alpha value is -1.18. The van der Waals surface area contributed by atoms with Crippen LogP contribution >= 0.6 is 0 Å². The molecule has 1 N–H and O–H groups in total. The van der Waals surface area contributed by atoms with E-state index in [9.17, 15) is 0 Å². The minimum Gasteiger partial charge on any atom is -0.489 e. The van der Waals surface area contributed by atoms with Gasteiger partial charge in [-0.2, -0.15) is 0 Å². The lowest BCUT2D eigenvalue weighted by Crippen LogP contribution is -2.12. The van der Waals surface area contributed by atoms with Crippen LogP contribution in [0.3, 0.4) is 0 Å². The first-order chi connectivity index (χ1) is 4.97. The van der Waals surface area contributed by atoms with Crippen LogP contribution in [0.1, 0.15) is 0 Å². The zero-order chi connectivity index (χ0) is 6.81. The average molecular weight is 133 g/mol. The minimum absolute atomic E-state index is 0.525. The summed E-state index contributed by atoms with van der Waals surface area (Å²) in [6.07, 6.45) is 0. The Morgan fingerprint density at radius 2 is 2.30 bits per heavy atom. The second kappa shape index (κ2) is 2.21. The van der Waals surface area contributed by atoms with E-state index in [4.69, 9.17) is 4.74 Å². The predicted octanol–water partition coefficient (Wildman–Crippen LogP) is 1.53. The summed E-state index contributed by atoms with van der Waals surface area (Å²) in [5, 5.41) is 2.99. The molecule has 0 saturated heterocycles. The molecule has 50 valence electrons. The van der Waals surface area contributed by atoms with Crippen molar-refractivity contribution in [1.29, 1.82) is 0 Å². The highest BCUT2D eigenvalue weighted by atomic mass is 16.5. The van der Waals surface area contributed by atoms with E-state index in [0.717, 1.165) is 11.4 Å². The third-order valence-electron chi connectivity index (χ3n) is 1.41. The van der Waals surface area contributed by atoms with Crippen molar-refractivity contribution in [3.8, 4) is 5.75 Å². The minimum atomic E-state index is 0.525. The lowest BCUT2D eigenvalue weighted by atomic mass is 10.3. The van der Waals surface area contributed by atoms with Crippen molar-refractivity contribution in [3.05, 3.63) is 30.8 Å². The summed E-state index contributed by atoms with van der Waals surface area (Å²) in [6, 6.07) is 7.80. The summed E-state index contributed by atoms with van der Waals surface area (Å²) in [6.45, 7) is 3.39. The molecule has 10 heavy (non-hydrogen) atoms. The Balaban J connectivity index is 2.41. The molecular weight excluding hydrogens is 126 g/mol. The molecule has 2 nitrogen and oxygen atoms in total. The van der Waals surface area contributed by atoms with Crippen molar-refractivity contribution in [3.63, 3.8) is 0 Å². The molecule has 0 bridgehead atoms. The molecule has 0 fully saturated rings. The fraction of sp³-hybridized carbons (Fsp3) is 0.125. The van der Waals surface area contributed by atoms with Crippen molar-refractivity contribution in [2.75, 3.05) is 11.9 Å². The molecule has 2 rings (SSSR count). The first-order valence-electron chi connectivity index (χ1n) is 3.17. The van der Waals surface area contributed by atoms with Crippen LogP contribution in [0.15, 0.2) is 24.3 Å². The summed E-state index contributed by atoms with van der Waals surface area (Å²) in [5.41, 5.74) is 0.994. The van der Waals surface area contributed by atoms with Crippen LogP contribution < -0.4 is 10.1 Å². The highest BCUT2D eigenvalue weighted by Gasteiger charge is 2.06. The summed E-state index contributed by atoms with van der Waals surface area (Å²) in [4.78, 5) is 0. The zero-order valence-corrected chi connectivity index (χ0v) is 5.42. The topological polar surface area (TPSA) is 21.3 Å². The highest BCUT2D eigenvalue weighted by Crippen LogP contribution is 2.26. The second-order valence-corrected chi connectivity index (χ2v) is 2.09. The molecule has 1 aliphatic heterocycles. The number of benzene rings is 1. The number of hydrogen-bond donors (Lipinski definition) is 1. The van der Waals surface area contributed by atoms with Gasteiger partial charge in [0.1, 0.15) is 18.9 Å². The first-order valence-corrected chi connectivity index (χ1v) is 3.17. The molecule has 2 radical (unpaired) electrons. The SMILES string of the molecule is [C]1COc2ccccc2N1. The van der Waals surface area contributed by atoms with Gasteiger partial charge in [0.2, 0.25) is 0 Å². The van der Waals surface area contributed by atoms with E-state index in [1.807, 2.05) is 24.3 Å². The molecular formula is C8H7NO. The Morgan fingerprint density at radius 1 is 1.40 bits per heavy atom. The van der Waals surface area contributed by atoms with Crippen LogP contribution in [0.25, 0.3) is 0 Å². The van der Waals surface area contributed by atoms with E-state index in [0.29, 0.717) is 6.61 Å². The van der Waals surface area contributed by atoms with Crippen LogP contribution in [0.4, 0.5) is 5.69 Å². The molecule has 0 saturated carbocycles. The quantitative estimate of drug-likeness (QED) is 0.579. The maximum atomic E-state index is 5.25. The summed E-state index contributed by atoms with van der Waals surface area (Å²) >= 11 is 0. The zero-order valence-electron chi connectivity index (χ0n) is 5.42. The largest absolute Gasteiger partial charge is 0.489 e. The normalized spacial score (nSPS) is 14.8. The predicted molar refractivity (Wildman–Crippen MR) is 38.8 cm³/mol. The number of hydrogen-bond acceptors (Lipinski definition) is 2. The molecule has 1 aliphatic rings. The number of rotatable bonds is 0. The van der Waals surface area contributed by atoms with E-state index in [2.05, 4.69) is 11.9 Å². The Bertz CT molecular complexity index is 209. The first kappa shape index (κ1) is 5.59. The van der Waals surface area contributed by atoms with Gasteiger partial charge in [-0.05, 0) is 12.1 Å². The maximum Gasteiger partial charge on any atom is 0.142 e. The molecule has 1 heterocycles. The van der Waals surface area contributed by atoms with Crippen LogP contribution in [0.5, 0.6) is 5.75 Å². The van der Waals surface area contributed by atoms with Crippen molar-refractivity contribution in [2.45, 2.75) is 0 Å². The molecule has 1 aromatic carbocycles. The van der Waals surface area contributed by atoms with E-state index in [1.165, 1.54) is 0 Å². The van der Waals surface area contributed by atoms with Gasteiger partial charge in [-0.3, -0.25) is 0 Å². The fourth-order valence-corrected chi connectivity index (χ4v) is 0.941. The molecule has 0 unspecified atom stereocenters. The summed E-state index contributed by atoms with van der Waals surface area (Å²) in [5.74, 6) is 0.904. The summed E-state index contributed by atoms with van der Waals surface area (Å²) in [7, 11) is 0. The third-order valence-corrected chi connectivity index (χ3v) is 1.41. The van der Waals surface area contributed by atoms with Crippen molar-refractivity contribution in [1.82, 2.24) is 0 Å². The molecule has 0 aromatic heterocycles. The Labute approximate surface area is 59.8 Å². The molecule has 0 atom stereocenters. The average Bonchev–Trinajstić information content (AvgIpc) is 2.05. The maximum absolute atomic E-state index is 5.25. The van der Waals surface area contributed by atoms with Gasteiger partial charge in [0, 0.05) is 0 Å². The third kappa shape index (κ3) is 0.817. The second-order valence-electron chi connectivity index (χ2n) is 2.09. The van der Waals surface area contributed by atoms with Gasteiger partial charge in [-0.25, -0.2) is 0 Å². The van der Waals surface area contributed by atoms with Crippen LogP contribution in [-0.2, 0) is 0 Å². The van der Waals surface area contributed by atoms with Gasteiger partial charge in [0.15, 0.2) is 0 Å². The number of ether oxygens (including phenoxy) is 1. The number of nitrogens with one attached hydrogen (secondary N) is 1. The molecule has 0 amide bonds. The summed E-state index contributed by atoms with van der Waals surface area (Å²) < 4.78 is 5.25. The van der Waals surface area contributed by atoms with Crippen LogP contribution in [-0.4, -0.2) is 6.61 Å². The lowest BCUT2D eigenvalue weighted by Gasteiger charge is -2.16. The van der Waals surface area contributed by atoms with Crippen molar-refractivity contribution >= 4 is 5.69 Å². The Kier molecular flexibility index (Phi) is 1.24. The monoisotopic (exact) mass is 133 g/mol. The highest BCUT2D eigenvalue weighted by molar-refractivity contribution is 5.58. The molecule has 1 aromatic rings. The van der Waals surface area contributed by atoms with E-state index >= 15 is 0 Å². The number of anilines is 1. The van der Waals surface area contributed by atoms with Crippen molar-refractivity contribution < 1.29 is 4.74 Å². The molecule has 0 aliphatic carbocycles.